The highest BCUT2D eigenvalue weighted by Gasteiger charge is 2.14. The summed E-state index contributed by atoms with van der Waals surface area (Å²) in [5.41, 5.74) is 0.601. The van der Waals surface area contributed by atoms with Gasteiger partial charge in [-0.2, -0.15) is 0 Å². The van der Waals surface area contributed by atoms with Crippen LogP contribution < -0.4 is 14.8 Å². The molecular formula is C13H16N2O3. The molecule has 0 saturated carbocycles. The lowest BCUT2D eigenvalue weighted by Gasteiger charge is -2.09. The third kappa shape index (κ3) is 2.61. The zero-order valence-electron chi connectivity index (χ0n) is 10.5. The van der Waals surface area contributed by atoms with Gasteiger partial charge in [0.1, 0.15) is 5.84 Å². The molecule has 0 unspecified atom stereocenters. The Morgan fingerprint density at radius 2 is 2.11 bits per heavy atom. The van der Waals surface area contributed by atoms with Crippen LogP contribution in [0.5, 0.6) is 11.5 Å². The summed E-state index contributed by atoms with van der Waals surface area (Å²) in [6.45, 7) is 1.56. The van der Waals surface area contributed by atoms with Crippen molar-refractivity contribution in [3.8, 4) is 11.5 Å². The number of carbonyl (C=O) groups is 1. The number of rotatable bonds is 5. The van der Waals surface area contributed by atoms with E-state index < -0.39 is 0 Å². The summed E-state index contributed by atoms with van der Waals surface area (Å²) in [6, 6.07) is 5.16. The molecule has 96 valence electrons. The van der Waals surface area contributed by atoms with Crippen molar-refractivity contribution in [2.45, 2.75) is 6.42 Å². The molecule has 1 aliphatic rings. The molecule has 0 aromatic heterocycles. The SMILES string of the molecule is COc1ccc(C(=O)CC2=NCCN2)cc1OC. The van der Waals surface area contributed by atoms with Gasteiger partial charge in [-0.15, -0.1) is 0 Å². The van der Waals surface area contributed by atoms with Crippen molar-refractivity contribution in [1.29, 1.82) is 0 Å². The van der Waals surface area contributed by atoms with Crippen LogP contribution in [0.2, 0.25) is 0 Å². The fourth-order valence-electron chi connectivity index (χ4n) is 1.83. The first-order valence-electron chi connectivity index (χ1n) is 5.77. The van der Waals surface area contributed by atoms with Gasteiger partial charge < -0.3 is 14.8 Å². The minimum absolute atomic E-state index is 0.0177. The van der Waals surface area contributed by atoms with Gasteiger partial charge in [-0.05, 0) is 18.2 Å². The fourth-order valence-corrected chi connectivity index (χ4v) is 1.83. The highest BCUT2D eigenvalue weighted by Crippen LogP contribution is 2.27. The summed E-state index contributed by atoms with van der Waals surface area (Å²) in [5.74, 6) is 1.95. The molecular weight excluding hydrogens is 232 g/mol. The van der Waals surface area contributed by atoms with Crippen LogP contribution in [-0.4, -0.2) is 38.9 Å². The Hall–Kier alpha value is -2.04. The number of carbonyl (C=O) groups excluding carboxylic acids is 1. The number of ether oxygens (including phenoxy) is 2. The molecule has 5 nitrogen and oxygen atoms in total. The van der Waals surface area contributed by atoms with Gasteiger partial charge in [0.15, 0.2) is 17.3 Å². The van der Waals surface area contributed by atoms with Crippen molar-refractivity contribution < 1.29 is 14.3 Å². The van der Waals surface area contributed by atoms with E-state index in [-0.39, 0.29) is 5.78 Å². The number of benzene rings is 1. The molecule has 18 heavy (non-hydrogen) atoms. The maximum absolute atomic E-state index is 12.1. The van der Waals surface area contributed by atoms with Gasteiger partial charge in [-0.1, -0.05) is 0 Å². The summed E-state index contributed by atoms with van der Waals surface area (Å²) in [6.07, 6.45) is 0.301. The summed E-state index contributed by atoms with van der Waals surface area (Å²) in [7, 11) is 3.12. The van der Waals surface area contributed by atoms with Crippen molar-refractivity contribution >= 4 is 11.6 Å². The number of hydrogen-bond acceptors (Lipinski definition) is 5. The molecule has 1 N–H and O–H groups in total. The van der Waals surface area contributed by atoms with E-state index in [9.17, 15) is 4.79 Å². The Kier molecular flexibility index (Phi) is 3.82. The molecule has 0 amide bonds. The first-order chi connectivity index (χ1) is 8.74. The molecule has 1 aromatic carbocycles. The fraction of sp³-hybridized carbons (Fsp3) is 0.385. The van der Waals surface area contributed by atoms with Crippen molar-refractivity contribution in [3.63, 3.8) is 0 Å². The first-order valence-corrected chi connectivity index (χ1v) is 5.77. The standard InChI is InChI=1S/C13H16N2O3/c1-17-11-4-3-9(7-12(11)18-2)10(16)8-13-14-5-6-15-13/h3-4,7H,5-6,8H2,1-2H3,(H,14,15). The predicted molar refractivity (Wildman–Crippen MR) is 68.8 cm³/mol. The molecule has 0 spiro atoms. The van der Waals surface area contributed by atoms with E-state index in [1.54, 1.807) is 32.4 Å². The van der Waals surface area contributed by atoms with Crippen molar-refractivity contribution in [2.24, 2.45) is 4.99 Å². The number of nitrogens with one attached hydrogen (secondary N) is 1. The zero-order chi connectivity index (χ0) is 13.0. The molecule has 0 fully saturated rings. The topological polar surface area (TPSA) is 59.9 Å². The number of hydrogen-bond donors (Lipinski definition) is 1. The lowest BCUT2D eigenvalue weighted by molar-refractivity contribution is 0.0999. The van der Waals surface area contributed by atoms with Gasteiger partial charge in [0.25, 0.3) is 0 Å². The smallest absolute Gasteiger partial charge is 0.170 e. The monoisotopic (exact) mass is 248 g/mol. The molecule has 0 bridgehead atoms. The zero-order valence-corrected chi connectivity index (χ0v) is 10.5. The van der Waals surface area contributed by atoms with Crippen molar-refractivity contribution in [3.05, 3.63) is 23.8 Å². The number of methoxy groups -OCH3 is 2. The molecule has 0 atom stereocenters. The minimum atomic E-state index is 0.0177. The van der Waals surface area contributed by atoms with Gasteiger partial charge in [-0.3, -0.25) is 9.79 Å². The molecule has 1 aliphatic heterocycles. The van der Waals surface area contributed by atoms with E-state index >= 15 is 0 Å². The molecule has 0 aliphatic carbocycles. The molecule has 5 heteroatoms. The van der Waals surface area contributed by atoms with Crippen LogP contribution in [0.15, 0.2) is 23.2 Å². The summed E-state index contributed by atoms with van der Waals surface area (Å²) in [5, 5.41) is 3.08. The molecule has 0 radical (unpaired) electrons. The van der Waals surface area contributed by atoms with Gasteiger partial charge in [0, 0.05) is 12.1 Å². The van der Waals surface area contributed by atoms with Crippen LogP contribution in [0, 0.1) is 0 Å². The second-order valence-electron chi connectivity index (χ2n) is 3.92. The maximum atomic E-state index is 12.1. The highest BCUT2D eigenvalue weighted by molar-refractivity contribution is 6.09. The Morgan fingerprint density at radius 3 is 2.72 bits per heavy atom. The summed E-state index contributed by atoms with van der Waals surface area (Å²) < 4.78 is 10.3. The van der Waals surface area contributed by atoms with Gasteiger partial charge in [0.2, 0.25) is 0 Å². The highest BCUT2D eigenvalue weighted by atomic mass is 16.5. The number of aliphatic imine (C=N–C) groups is 1. The molecule has 1 heterocycles. The maximum Gasteiger partial charge on any atom is 0.170 e. The Labute approximate surface area is 106 Å². The Bertz CT molecular complexity index is 483. The average Bonchev–Trinajstić information content (AvgIpc) is 2.90. The Balaban J connectivity index is 2.14. The van der Waals surface area contributed by atoms with Gasteiger partial charge in [-0.25, -0.2) is 0 Å². The van der Waals surface area contributed by atoms with Crippen molar-refractivity contribution in [1.82, 2.24) is 5.32 Å². The van der Waals surface area contributed by atoms with E-state index in [0.717, 1.165) is 18.9 Å². The largest absolute Gasteiger partial charge is 0.493 e. The quantitative estimate of drug-likeness (QED) is 0.797. The molecule has 0 saturated heterocycles. The summed E-state index contributed by atoms with van der Waals surface area (Å²) >= 11 is 0. The first kappa shape index (κ1) is 12.4. The predicted octanol–water partition coefficient (Wildman–Crippen LogP) is 1.28. The van der Waals surface area contributed by atoms with Crippen LogP contribution in [0.3, 0.4) is 0 Å². The third-order valence-corrected chi connectivity index (χ3v) is 2.78. The number of amidine groups is 1. The van der Waals surface area contributed by atoms with E-state index in [0.29, 0.717) is 23.5 Å². The average molecular weight is 248 g/mol. The second kappa shape index (κ2) is 5.53. The van der Waals surface area contributed by atoms with E-state index in [2.05, 4.69) is 10.3 Å². The lowest BCUT2D eigenvalue weighted by Crippen LogP contribution is -2.21. The van der Waals surface area contributed by atoms with Crippen LogP contribution in [0.25, 0.3) is 0 Å². The normalized spacial score (nSPS) is 13.8. The minimum Gasteiger partial charge on any atom is -0.493 e. The van der Waals surface area contributed by atoms with Crippen LogP contribution in [0.4, 0.5) is 0 Å². The van der Waals surface area contributed by atoms with E-state index in [4.69, 9.17) is 9.47 Å². The van der Waals surface area contributed by atoms with E-state index in [1.165, 1.54) is 0 Å². The van der Waals surface area contributed by atoms with Gasteiger partial charge in [0.05, 0.1) is 27.2 Å². The van der Waals surface area contributed by atoms with E-state index in [1.807, 2.05) is 0 Å². The lowest BCUT2D eigenvalue weighted by atomic mass is 10.1. The third-order valence-electron chi connectivity index (χ3n) is 2.78. The molecule has 2 rings (SSSR count). The number of Topliss-reactive ketones (excluding diaryl/α,β-unsaturated/α-hetero) is 1. The van der Waals surface area contributed by atoms with Crippen molar-refractivity contribution in [2.75, 3.05) is 27.3 Å². The number of ketones is 1. The summed E-state index contributed by atoms with van der Waals surface area (Å²) in [4.78, 5) is 16.3. The van der Waals surface area contributed by atoms with Crippen LogP contribution >= 0.6 is 0 Å². The second-order valence-corrected chi connectivity index (χ2v) is 3.92. The van der Waals surface area contributed by atoms with Gasteiger partial charge >= 0.3 is 0 Å². The van der Waals surface area contributed by atoms with Crippen LogP contribution in [-0.2, 0) is 0 Å². The number of nitrogens with zero attached hydrogens (tertiary/aromatic N) is 1. The Morgan fingerprint density at radius 1 is 1.33 bits per heavy atom. The molecule has 1 aromatic rings. The van der Waals surface area contributed by atoms with Crippen LogP contribution in [0.1, 0.15) is 16.8 Å².